The Hall–Kier alpha value is -1.05. The summed E-state index contributed by atoms with van der Waals surface area (Å²) in [6, 6.07) is 4.55. The third-order valence-electron chi connectivity index (χ3n) is 3.24. The Morgan fingerprint density at radius 3 is 1.29 bits per heavy atom. The van der Waals surface area contributed by atoms with Crippen molar-refractivity contribution in [3.63, 3.8) is 0 Å². The largest absolute Gasteiger partial charge is 0.286 e. The molecular weight excluding hydrogens is 384 g/mol. The van der Waals surface area contributed by atoms with E-state index in [1.54, 1.807) is 0 Å². The van der Waals surface area contributed by atoms with Gasteiger partial charge in [-0.1, -0.05) is 18.2 Å². The van der Waals surface area contributed by atoms with E-state index in [0.717, 1.165) is 0 Å². The molecule has 0 aliphatic heterocycles. The lowest BCUT2D eigenvalue weighted by atomic mass is 9.96. The van der Waals surface area contributed by atoms with Gasteiger partial charge in [0.05, 0.1) is 17.3 Å². The highest BCUT2D eigenvalue weighted by atomic mass is 32.2. The molecule has 0 bridgehead atoms. The molecule has 0 aromatic heterocycles. The summed E-state index contributed by atoms with van der Waals surface area (Å²) in [5, 5.41) is 0. The van der Waals surface area contributed by atoms with Crippen LogP contribution in [0.1, 0.15) is 16.7 Å². The van der Waals surface area contributed by atoms with Crippen molar-refractivity contribution in [2.45, 2.75) is 19.3 Å². The van der Waals surface area contributed by atoms with Gasteiger partial charge in [-0.3, -0.25) is 13.7 Å². The molecule has 0 spiro atoms. The SMILES string of the molecule is O=S(=O)(O)CCc1cccc(CCS(=O)(=O)O)c1CCS(=O)(=O)O. The number of hydrogen-bond acceptors (Lipinski definition) is 6. The van der Waals surface area contributed by atoms with Crippen molar-refractivity contribution in [3.05, 3.63) is 34.9 Å². The fourth-order valence-electron chi connectivity index (χ4n) is 2.19. The summed E-state index contributed by atoms with van der Waals surface area (Å²) >= 11 is 0. The van der Waals surface area contributed by atoms with Gasteiger partial charge in [0.2, 0.25) is 0 Å². The molecule has 0 saturated carbocycles. The quantitative estimate of drug-likeness (QED) is 0.481. The predicted molar refractivity (Wildman–Crippen MR) is 86.8 cm³/mol. The molecule has 1 aromatic carbocycles. The first kappa shape index (κ1) is 21.0. The molecule has 1 rings (SSSR count). The Bertz CT molecular complexity index is 829. The van der Waals surface area contributed by atoms with Crippen LogP contribution in [0.5, 0.6) is 0 Å². The third kappa shape index (κ3) is 8.70. The minimum absolute atomic E-state index is 0.112. The van der Waals surface area contributed by atoms with E-state index < -0.39 is 47.6 Å². The summed E-state index contributed by atoms with van der Waals surface area (Å²) in [4.78, 5) is 0. The Balaban J connectivity index is 3.16. The average molecular weight is 402 g/mol. The summed E-state index contributed by atoms with van der Waals surface area (Å²) in [5.74, 6) is -1.81. The lowest BCUT2D eigenvalue weighted by molar-refractivity contribution is 0.479. The molecule has 138 valence electrons. The molecule has 12 heteroatoms. The fraction of sp³-hybridized carbons (Fsp3) is 0.500. The van der Waals surface area contributed by atoms with Gasteiger partial charge in [-0.05, 0) is 36.0 Å². The van der Waals surface area contributed by atoms with Crippen LogP contribution in [0.25, 0.3) is 0 Å². The summed E-state index contributed by atoms with van der Waals surface area (Å²) in [6.07, 6.45) is -0.389. The van der Waals surface area contributed by atoms with Gasteiger partial charge in [-0.25, -0.2) is 0 Å². The van der Waals surface area contributed by atoms with Crippen LogP contribution in [-0.4, -0.2) is 56.2 Å². The van der Waals surface area contributed by atoms with Gasteiger partial charge in [0.25, 0.3) is 30.4 Å². The first-order chi connectivity index (χ1) is 10.8. The van der Waals surface area contributed by atoms with Gasteiger partial charge in [0, 0.05) is 0 Å². The minimum Gasteiger partial charge on any atom is -0.286 e. The molecule has 0 heterocycles. The molecule has 0 aliphatic rings. The number of hydrogen-bond donors (Lipinski definition) is 3. The van der Waals surface area contributed by atoms with Crippen molar-refractivity contribution >= 4 is 30.4 Å². The Morgan fingerprint density at radius 2 is 0.958 bits per heavy atom. The Labute approximate surface area is 141 Å². The Morgan fingerprint density at radius 1 is 0.625 bits per heavy atom. The van der Waals surface area contributed by atoms with Crippen LogP contribution in [0.15, 0.2) is 18.2 Å². The van der Waals surface area contributed by atoms with Crippen molar-refractivity contribution in [1.82, 2.24) is 0 Å². The van der Waals surface area contributed by atoms with E-state index in [9.17, 15) is 25.3 Å². The molecule has 9 nitrogen and oxygen atoms in total. The number of benzene rings is 1. The molecule has 1 aromatic rings. The second-order valence-corrected chi connectivity index (χ2v) is 9.88. The van der Waals surface area contributed by atoms with Crippen molar-refractivity contribution < 1.29 is 38.9 Å². The topological polar surface area (TPSA) is 163 Å². The van der Waals surface area contributed by atoms with Gasteiger partial charge in [-0.2, -0.15) is 25.3 Å². The van der Waals surface area contributed by atoms with Crippen LogP contribution in [-0.2, 0) is 49.6 Å². The summed E-state index contributed by atoms with van der Waals surface area (Å²) in [6.45, 7) is 0. The zero-order valence-electron chi connectivity index (χ0n) is 12.5. The first-order valence-electron chi connectivity index (χ1n) is 6.72. The lowest BCUT2D eigenvalue weighted by Gasteiger charge is -2.14. The van der Waals surface area contributed by atoms with Crippen LogP contribution in [0, 0.1) is 0 Å². The number of rotatable bonds is 9. The predicted octanol–water partition coefficient (Wildman–Crippen LogP) is -0.0225. The molecule has 3 N–H and O–H groups in total. The van der Waals surface area contributed by atoms with Gasteiger partial charge in [0.1, 0.15) is 0 Å². The lowest BCUT2D eigenvalue weighted by Crippen LogP contribution is -2.15. The zero-order valence-corrected chi connectivity index (χ0v) is 14.9. The second-order valence-electron chi connectivity index (χ2n) is 5.16. The second kappa shape index (κ2) is 7.89. The van der Waals surface area contributed by atoms with E-state index in [2.05, 4.69) is 0 Å². The summed E-state index contributed by atoms with van der Waals surface area (Å²) in [7, 11) is -12.7. The highest BCUT2D eigenvalue weighted by Gasteiger charge is 2.16. The zero-order chi connectivity index (χ0) is 18.6. The molecule has 0 unspecified atom stereocenters. The first-order valence-corrected chi connectivity index (χ1v) is 11.5. The van der Waals surface area contributed by atoms with E-state index in [4.69, 9.17) is 13.7 Å². The minimum atomic E-state index is -4.28. The van der Waals surface area contributed by atoms with Crippen LogP contribution in [0.3, 0.4) is 0 Å². The summed E-state index contributed by atoms with van der Waals surface area (Å²) in [5.41, 5.74) is 1.18. The van der Waals surface area contributed by atoms with Crippen molar-refractivity contribution in [3.8, 4) is 0 Å². The molecular formula is C12H18O9S3. The standard InChI is InChI=1S/C12H18O9S3/c13-22(14,15)7-4-10-2-1-3-11(5-8-23(16,17)18)12(10)6-9-24(19,20)21/h1-3H,4-9H2,(H,13,14,15)(H,16,17,18)(H,19,20,21). The van der Waals surface area contributed by atoms with Crippen molar-refractivity contribution in [2.24, 2.45) is 0 Å². The van der Waals surface area contributed by atoms with Gasteiger partial charge in [-0.15, -0.1) is 0 Å². The molecule has 0 radical (unpaired) electrons. The van der Waals surface area contributed by atoms with Crippen LogP contribution >= 0.6 is 0 Å². The van der Waals surface area contributed by atoms with Gasteiger partial charge >= 0.3 is 0 Å². The third-order valence-corrected chi connectivity index (χ3v) is 5.40. The molecule has 0 saturated heterocycles. The van der Waals surface area contributed by atoms with E-state index in [1.807, 2.05) is 0 Å². The smallest absolute Gasteiger partial charge is 0.265 e. The van der Waals surface area contributed by atoms with Crippen LogP contribution in [0.4, 0.5) is 0 Å². The van der Waals surface area contributed by atoms with Crippen molar-refractivity contribution in [2.75, 3.05) is 17.3 Å². The summed E-state index contributed by atoms with van der Waals surface area (Å²) < 4.78 is 92.0. The van der Waals surface area contributed by atoms with Gasteiger partial charge < -0.3 is 0 Å². The maximum absolute atomic E-state index is 10.9. The van der Waals surface area contributed by atoms with E-state index in [0.29, 0.717) is 16.7 Å². The monoisotopic (exact) mass is 402 g/mol. The Kier molecular flexibility index (Phi) is 6.90. The maximum Gasteiger partial charge on any atom is 0.265 e. The van der Waals surface area contributed by atoms with Crippen LogP contribution in [0.2, 0.25) is 0 Å². The molecule has 0 fully saturated rings. The maximum atomic E-state index is 10.9. The fourth-order valence-corrected chi connectivity index (χ4v) is 3.60. The molecule has 0 amide bonds. The molecule has 0 atom stereocenters. The average Bonchev–Trinajstić information content (AvgIpc) is 2.38. The van der Waals surface area contributed by atoms with Crippen molar-refractivity contribution in [1.29, 1.82) is 0 Å². The molecule has 0 aliphatic carbocycles. The number of aryl methyl sites for hydroxylation is 2. The highest BCUT2D eigenvalue weighted by molar-refractivity contribution is 7.86. The van der Waals surface area contributed by atoms with Crippen LogP contribution < -0.4 is 0 Å². The van der Waals surface area contributed by atoms with E-state index in [1.165, 1.54) is 18.2 Å². The van der Waals surface area contributed by atoms with Gasteiger partial charge in [0.15, 0.2) is 0 Å². The van der Waals surface area contributed by atoms with E-state index in [-0.39, 0.29) is 19.3 Å². The normalized spacial score (nSPS) is 13.1. The van der Waals surface area contributed by atoms with E-state index >= 15 is 0 Å². The molecule has 24 heavy (non-hydrogen) atoms. The highest BCUT2D eigenvalue weighted by Crippen LogP contribution is 2.19.